The SMILES string of the molecule is CC/C(=N\NC(=O)c1ccc(CSc2nncn2C)cc1)c1ccccc1. The summed E-state index contributed by atoms with van der Waals surface area (Å²) < 4.78 is 1.88. The van der Waals surface area contributed by atoms with Gasteiger partial charge >= 0.3 is 0 Å². The Labute approximate surface area is 162 Å². The molecule has 1 aromatic heterocycles. The molecule has 0 spiro atoms. The van der Waals surface area contributed by atoms with Gasteiger partial charge in [-0.3, -0.25) is 4.79 Å². The average Bonchev–Trinajstić information content (AvgIpc) is 3.12. The second kappa shape index (κ2) is 9.14. The molecule has 6 nitrogen and oxygen atoms in total. The van der Waals surface area contributed by atoms with Crippen LogP contribution in [-0.4, -0.2) is 26.4 Å². The van der Waals surface area contributed by atoms with Crippen molar-refractivity contribution in [2.45, 2.75) is 24.3 Å². The Balaban J connectivity index is 1.60. The van der Waals surface area contributed by atoms with Crippen LogP contribution < -0.4 is 5.43 Å². The van der Waals surface area contributed by atoms with Crippen LogP contribution in [0.2, 0.25) is 0 Å². The first kappa shape index (κ1) is 18.8. The summed E-state index contributed by atoms with van der Waals surface area (Å²) >= 11 is 1.60. The van der Waals surface area contributed by atoms with E-state index in [4.69, 9.17) is 0 Å². The maximum absolute atomic E-state index is 12.4. The highest BCUT2D eigenvalue weighted by Crippen LogP contribution is 2.20. The van der Waals surface area contributed by atoms with E-state index in [-0.39, 0.29) is 5.91 Å². The van der Waals surface area contributed by atoms with E-state index in [1.165, 1.54) is 0 Å². The summed E-state index contributed by atoms with van der Waals surface area (Å²) in [6.07, 6.45) is 2.42. The number of hydrazone groups is 1. The largest absolute Gasteiger partial charge is 0.312 e. The summed E-state index contributed by atoms with van der Waals surface area (Å²) in [5.74, 6) is 0.546. The average molecular weight is 379 g/mol. The van der Waals surface area contributed by atoms with Crippen LogP contribution in [0.15, 0.2) is 71.2 Å². The number of carbonyl (C=O) groups excluding carboxylic acids is 1. The molecule has 0 saturated carbocycles. The Bertz CT molecular complexity index is 919. The molecule has 3 rings (SSSR count). The van der Waals surface area contributed by atoms with Crippen LogP contribution in [0.1, 0.15) is 34.8 Å². The molecule has 1 heterocycles. The first-order valence-electron chi connectivity index (χ1n) is 8.65. The van der Waals surface area contributed by atoms with Crippen LogP contribution in [0.3, 0.4) is 0 Å². The third kappa shape index (κ3) is 5.04. The fourth-order valence-corrected chi connectivity index (χ4v) is 3.31. The van der Waals surface area contributed by atoms with Crippen molar-refractivity contribution >= 4 is 23.4 Å². The van der Waals surface area contributed by atoms with Crippen LogP contribution in [0.4, 0.5) is 0 Å². The number of aromatic nitrogens is 3. The van der Waals surface area contributed by atoms with E-state index in [0.717, 1.165) is 34.2 Å². The maximum atomic E-state index is 12.4. The normalized spacial score (nSPS) is 11.4. The molecule has 0 radical (unpaired) electrons. The summed E-state index contributed by atoms with van der Waals surface area (Å²) in [5.41, 5.74) is 6.20. The van der Waals surface area contributed by atoms with E-state index >= 15 is 0 Å². The van der Waals surface area contributed by atoms with Gasteiger partial charge in [-0.15, -0.1) is 10.2 Å². The monoisotopic (exact) mass is 379 g/mol. The van der Waals surface area contributed by atoms with Crippen LogP contribution in [0.5, 0.6) is 0 Å². The van der Waals surface area contributed by atoms with Crippen LogP contribution in [-0.2, 0) is 12.8 Å². The summed E-state index contributed by atoms with van der Waals surface area (Å²) in [7, 11) is 1.91. The summed E-state index contributed by atoms with van der Waals surface area (Å²) in [6.45, 7) is 2.02. The Morgan fingerprint density at radius 3 is 2.48 bits per heavy atom. The number of rotatable bonds is 7. The molecule has 27 heavy (non-hydrogen) atoms. The highest BCUT2D eigenvalue weighted by atomic mass is 32.2. The Morgan fingerprint density at radius 2 is 1.85 bits per heavy atom. The van der Waals surface area contributed by atoms with Gasteiger partial charge in [-0.1, -0.05) is 61.2 Å². The van der Waals surface area contributed by atoms with Gasteiger partial charge < -0.3 is 4.57 Å². The predicted molar refractivity (Wildman–Crippen MR) is 108 cm³/mol. The zero-order valence-corrected chi connectivity index (χ0v) is 16.1. The molecular weight excluding hydrogens is 358 g/mol. The number of hydrogen-bond donors (Lipinski definition) is 1. The number of carbonyl (C=O) groups is 1. The topological polar surface area (TPSA) is 72.2 Å². The number of thioether (sulfide) groups is 1. The Morgan fingerprint density at radius 1 is 1.11 bits per heavy atom. The number of aryl methyl sites for hydroxylation is 1. The number of nitrogens with one attached hydrogen (secondary N) is 1. The smallest absolute Gasteiger partial charge is 0.271 e. The van der Waals surface area contributed by atoms with Gasteiger partial charge in [0.1, 0.15) is 6.33 Å². The number of hydrogen-bond acceptors (Lipinski definition) is 5. The fourth-order valence-electron chi connectivity index (χ4n) is 2.46. The molecule has 0 fully saturated rings. The predicted octanol–water partition coefficient (Wildman–Crippen LogP) is 3.65. The first-order valence-corrected chi connectivity index (χ1v) is 9.64. The van der Waals surface area contributed by atoms with E-state index in [9.17, 15) is 4.79 Å². The van der Waals surface area contributed by atoms with Gasteiger partial charge in [0, 0.05) is 18.4 Å². The lowest BCUT2D eigenvalue weighted by Crippen LogP contribution is -2.20. The van der Waals surface area contributed by atoms with E-state index in [2.05, 4.69) is 20.7 Å². The van der Waals surface area contributed by atoms with Crippen molar-refractivity contribution in [3.63, 3.8) is 0 Å². The Hall–Kier alpha value is -2.93. The highest BCUT2D eigenvalue weighted by Gasteiger charge is 2.07. The minimum Gasteiger partial charge on any atom is -0.312 e. The molecule has 138 valence electrons. The molecule has 0 bridgehead atoms. The lowest BCUT2D eigenvalue weighted by molar-refractivity contribution is 0.0955. The fraction of sp³-hybridized carbons (Fsp3) is 0.200. The molecule has 2 aromatic carbocycles. The second-order valence-corrected chi connectivity index (χ2v) is 6.87. The van der Waals surface area contributed by atoms with Gasteiger partial charge in [0.15, 0.2) is 5.16 Å². The molecule has 3 aromatic rings. The molecule has 1 amide bonds. The molecule has 7 heteroatoms. The van der Waals surface area contributed by atoms with Gasteiger partial charge in [0.05, 0.1) is 5.71 Å². The van der Waals surface area contributed by atoms with E-state index in [1.807, 2.05) is 73.1 Å². The second-order valence-electron chi connectivity index (χ2n) is 5.93. The van der Waals surface area contributed by atoms with E-state index < -0.39 is 0 Å². The molecule has 0 aliphatic heterocycles. The number of nitrogens with zero attached hydrogens (tertiary/aromatic N) is 4. The van der Waals surface area contributed by atoms with Gasteiger partial charge in [-0.25, -0.2) is 5.43 Å². The van der Waals surface area contributed by atoms with Crippen molar-refractivity contribution in [1.29, 1.82) is 0 Å². The van der Waals surface area contributed by atoms with Crippen molar-refractivity contribution in [3.8, 4) is 0 Å². The van der Waals surface area contributed by atoms with Gasteiger partial charge in [0.2, 0.25) is 0 Å². The molecule has 0 aliphatic rings. The molecule has 0 atom stereocenters. The van der Waals surface area contributed by atoms with Gasteiger partial charge in [-0.05, 0) is 29.7 Å². The third-order valence-electron chi connectivity index (χ3n) is 3.99. The Kier molecular flexibility index (Phi) is 6.38. The number of benzene rings is 2. The van der Waals surface area contributed by atoms with Gasteiger partial charge in [-0.2, -0.15) is 5.10 Å². The number of amides is 1. The quantitative estimate of drug-likeness (QED) is 0.386. The van der Waals surface area contributed by atoms with Crippen molar-refractivity contribution in [3.05, 3.63) is 77.6 Å². The molecule has 0 unspecified atom stereocenters. The van der Waals surface area contributed by atoms with Crippen LogP contribution >= 0.6 is 11.8 Å². The maximum Gasteiger partial charge on any atom is 0.271 e. The van der Waals surface area contributed by atoms with Crippen LogP contribution in [0.25, 0.3) is 0 Å². The van der Waals surface area contributed by atoms with Crippen LogP contribution in [0, 0.1) is 0 Å². The molecule has 0 saturated heterocycles. The minimum atomic E-state index is -0.218. The van der Waals surface area contributed by atoms with Crippen molar-refractivity contribution in [1.82, 2.24) is 20.2 Å². The van der Waals surface area contributed by atoms with E-state index in [1.54, 1.807) is 18.1 Å². The summed E-state index contributed by atoms with van der Waals surface area (Å²) in [6, 6.07) is 17.4. The molecule has 0 aliphatic carbocycles. The lowest BCUT2D eigenvalue weighted by atomic mass is 10.1. The third-order valence-corrected chi connectivity index (χ3v) is 5.09. The zero-order valence-electron chi connectivity index (χ0n) is 15.3. The first-order chi connectivity index (χ1) is 13.2. The van der Waals surface area contributed by atoms with Crippen molar-refractivity contribution < 1.29 is 4.79 Å². The summed E-state index contributed by atoms with van der Waals surface area (Å²) in [5, 5.41) is 13.1. The summed E-state index contributed by atoms with van der Waals surface area (Å²) in [4.78, 5) is 12.4. The lowest BCUT2D eigenvalue weighted by Gasteiger charge is -2.06. The van der Waals surface area contributed by atoms with E-state index in [0.29, 0.717) is 5.56 Å². The zero-order chi connectivity index (χ0) is 19.1. The standard InChI is InChI=1S/C20H21N5OS/c1-3-18(16-7-5-4-6-8-16)22-23-19(26)17-11-9-15(10-12-17)13-27-20-24-21-14-25(20)2/h4-12,14H,3,13H2,1-2H3,(H,23,26)/b22-18+. The van der Waals surface area contributed by atoms with Gasteiger partial charge in [0.25, 0.3) is 5.91 Å². The van der Waals surface area contributed by atoms with Crippen molar-refractivity contribution in [2.24, 2.45) is 12.1 Å². The van der Waals surface area contributed by atoms with Crippen molar-refractivity contribution in [2.75, 3.05) is 0 Å². The minimum absolute atomic E-state index is 0.218. The molecular formula is C20H21N5OS. The highest BCUT2D eigenvalue weighted by molar-refractivity contribution is 7.98. The molecule has 1 N–H and O–H groups in total.